The molecule has 0 saturated heterocycles. The van der Waals surface area contributed by atoms with E-state index in [1.54, 1.807) is 12.1 Å². The number of nitrogens with two attached hydrogens (primary N) is 2. The van der Waals surface area contributed by atoms with Crippen LogP contribution in [0.2, 0.25) is 0 Å². The van der Waals surface area contributed by atoms with Crippen LogP contribution < -0.4 is 16.9 Å². The summed E-state index contributed by atoms with van der Waals surface area (Å²) in [6, 6.07) is 7.29. The van der Waals surface area contributed by atoms with Gasteiger partial charge in [-0.05, 0) is 24.3 Å². The Morgan fingerprint density at radius 1 is 1.44 bits per heavy atom. The number of carbonyl (C=O) groups is 1. The minimum atomic E-state index is -0.154. The van der Waals surface area contributed by atoms with E-state index in [0.717, 1.165) is 21.9 Å². The van der Waals surface area contributed by atoms with E-state index in [0.29, 0.717) is 0 Å². The summed E-state index contributed by atoms with van der Waals surface area (Å²) in [7, 11) is 0. The molecule has 86 valence electrons. The molecule has 0 aromatic heterocycles. The van der Waals surface area contributed by atoms with Gasteiger partial charge in [0, 0.05) is 10.2 Å². The van der Waals surface area contributed by atoms with Crippen molar-refractivity contribution in [2.75, 3.05) is 11.1 Å². The topological polar surface area (TPSA) is 93.5 Å². The lowest BCUT2D eigenvalue weighted by atomic mass is 10.3. The Labute approximate surface area is 106 Å². The molecule has 1 aromatic rings. The van der Waals surface area contributed by atoms with Gasteiger partial charge in [-0.2, -0.15) is 5.10 Å². The van der Waals surface area contributed by atoms with Crippen molar-refractivity contribution in [3.05, 3.63) is 28.7 Å². The molecule has 16 heavy (non-hydrogen) atoms. The van der Waals surface area contributed by atoms with Gasteiger partial charge in [-0.25, -0.2) is 0 Å². The predicted molar refractivity (Wildman–Crippen MR) is 71.0 cm³/mol. The zero-order chi connectivity index (χ0) is 12.0. The van der Waals surface area contributed by atoms with Gasteiger partial charge >= 0.3 is 0 Å². The fourth-order valence-electron chi connectivity index (χ4n) is 0.907. The molecule has 7 heteroatoms. The molecule has 1 amide bonds. The van der Waals surface area contributed by atoms with Crippen LogP contribution in [-0.2, 0) is 4.79 Å². The summed E-state index contributed by atoms with van der Waals surface area (Å²) in [5.74, 6) is 4.96. The summed E-state index contributed by atoms with van der Waals surface area (Å²) < 4.78 is 0.958. The first-order valence-corrected chi connectivity index (χ1v) is 6.11. The number of anilines is 1. The van der Waals surface area contributed by atoms with Crippen LogP contribution in [0.25, 0.3) is 0 Å². The van der Waals surface area contributed by atoms with Gasteiger partial charge in [0.05, 0.1) is 5.75 Å². The van der Waals surface area contributed by atoms with Crippen molar-refractivity contribution in [2.45, 2.75) is 0 Å². The van der Waals surface area contributed by atoms with Crippen molar-refractivity contribution in [3.8, 4) is 0 Å². The number of hydrogen-bond acceptors (Lipinski definition) is 4. The van der Waals surface area contributed by atoms with Crippen LogP contribution in [0.1, 0.15) is 0 Å². The third-order valence-electron chi connectivity index (χ3n) is 1.61. The Kier molecular flexibility index (Phi) is 5.13. The molecule has 0 aliphatic heterocycles. The Morgan fingerprint density at radius 3 is 2.62 bits per heavy atom. The van der Waals surface area contributed by atoms with E-state index in [9.17, 15) is 4.79 Å². The normalized spacial score (nSPS) is 11.2. The van der Waals surface area contributed by atoms with Crippen LogP contribution >= 0.6 is 27.7 Å². The summed E-state index contributed by atoms with van der Waals surface area (Å²) in [6.45, 7) is 0. The highest BCUT2D eigenvalue weighted by atomic mass is 79.9. The predicted octanol–water partition coefficient (Wildman–Crippen LogP) is 1.31. The molecule has 0 heterocycles. The summed E-state index contributed by atoms with van der Waals surface area (Å²) in [5, 5.41) is 6.15. The maximum Gasteiger partial charge on any atom is 0.234 e. The highest BCUT2D eigenvalue weighted by molar-refractivity contribution is 9.10. The van der Waals surface area contributed by atoms with Crippen LogP contribution in [0.4, 0.5) is 5.69 Å². The maximum atomic E-state index is 11.4. The van der Waals surface area contributed by atoms with Crippen LogP contribution in [0.15, 0.2) is 33.8 Å². The van der Waals surface area contributed by atoms with Gasteiger partial charge in [0.15, 0.2) is 5.17 Å². The number of thioether (sulfide) groups is 1. The van der Waals surface area contributed by atoms with E-state index < -0.39 is 0 Å². The Balaban J connectivity index is 2.43. The van der Waals surface area contributed by atoms with E-state index >= 15 is 0 Å². The molecular weight excluding hydrogens is 292 g/mol. The lowest BCUT2D eigenvalue weighted by molar-refractivity contribution is -0.113. The van der Waals surface area contributed by atoms with Gasteiger partial charge in [-0.15, -0.1) is 0 Å². The average Bonchev–Trinajstić information content (AvgIpc) is 2.29. The average molecular weight is 303 g/mol. The molecule has 5 nitrogen and oxygen atoms in total. The molecule has 0 fully saturated rings. The van der Waals surface area contributed by atoms with Crippen LogP contribution in [0.5, 0.6) is 0 Å². The van der Waals surface area contributed by atoms with Gasteiger partial charge < -0.3 is 16.9 Å². The molecular formula is C9H11BrN4OS. The molecule has 0 atom stereocenters. The van der Waals surface area contributed by atoms with Crippen LogP contribution in [0, 0.1) is 0 Å². The molecule has 0 saturated carbocycles. The van der Waals surface area contributed by atoms with Gasteiger partial charge in [0.25, 0.3) is 0 Å². The monoisotopic (exact) mass is 302 g/mol. The second-order valence-corrected chi connectivity index (χ2v) is 4.72. The number of carbonyl (C=O) groups excluding carboxylic acids is 1. The van der Waals surface area contributed by atoms with E-state index in [1.807, 2.05) is 12.1 Å². The largest absolute Gasteiger partial charge is 0.377 e. The standard InChI is InChI=1S/C9H11BrN4OS/c10-6-1-3-7(4-2-6)13-8(15)5-16-9(11)14-12/h1-4H,5,12H2,(H2,11,14)(H,13,15). The van der Waals surface area contributed by atoms with Crippen molar-refractivity contribution in [3.63, 3.8) is 0 Å². The fraction of sp³-hybridized carbons (Fsp3) is 0.111. The molecule has 0 unspecified atom stereocenters. The summed E-state index contributed by atoms with van der Waals surface area (Å²) in [5.41, 5.74) is 6.07. The number of hydrazone groups is 1. The summed E-state index contributed by atoms with van der Waals surface area (Å²) >= 11 is 4.40. The minimum absolute atomic E-state index is 0.154. The Bertz CT molecular complexity index is 393. The molecule has 0 bridgehead atoms. The number of amides is 1. The lowest BCUT2D eigenvalue weighted by Crippen LogP contribution is -2.18. The second-order valence-electron chi connectivity index (χ2n) is 2.81. The first kappa shape index (κ1) is 12.9. The van der Waals surface area contributed by atoms with Gasteiger partial charge in [-0.1, -0.05) is 27.7 Å². The number of nitrogens with one attached hydrogen (secondary N) is 1. The maximum absolute atomic E-state index is 11.4. The van der Waals surface area contributed by atoms with Crippen molar-refractivity contribution in [1.29, 1.82) is 0 Å². The summed E-state index contributed by atoms with van der Waals surface area (Å²) in [6.07, 6.45) is 0. The minimum Gasteiger partial charge on any atom is -0.377 e. The summed E-state index contributed by atoms with van der Waals surface area (Å²) in [4.78, 5) is 11.4. The molecule has 0 spiro atoms. The van der Waals surface area contributed by atoms with E-state index in [2.05, 4.69) is 26.3 Å². The fourth-order valence-corrected chi connectivity index (χ4v) is 1.60. The van der Waals surface area contributed by atoms with Gasteiger partial charge in [-0.3, -0.25) is 4.79 Å². The molecule has 1 aromatic carbocycles. The van der Waals surface area contributed by atoms with Gasteiger partial charge in [0.2, 0.25) is 5.91 Å². The SMILES string of the molecule is NN=C(N)SCC(=O)Nc1ccc(Br)cc1. The van der Waals surface area contributed by atoms with E-state index in [1.165, 1.54) is 0 Å². The number of nitrogens with zero attached hydrogens (tertiary/aromatic N) is 1. The molecule has 0 aliphatic rings. The first-order chi connectivity index (χ1) is 7.61. The van der Waals surface area contributed by atoms with Crippen molar-refractivity contribution >= 4 is 44.5 Å². The molecule has 0 aliphatic carbocycles. The number of halogens is 1. The van der Waals surface area contributed by atoms with Gasteiger partial charge in [0.1, 0.15) is 0 Å². The third kappa shape index (κ3) is 4.54. The number of amidine groups is 1. The van der Waals surface area contributed by atoms with Crippen LogP contribution in [0.3, 0.4) is 0 Å². The quantitative estimate of drug-likeness (QED) is 0.340. The second kappa shape index (κ2) is 6.39. The Morgan fingerprint density at radius 2 is 2.06 bits per heavy atom. The smallest absolute Gasteiger partial charge is 0.234 e. The zero-order valence-electron chi connectivity index (χ0n) is 8.31. The van der Waals surface area contributed by atoms with E-state index in [4.69, 9.17) is 11.6 Å². The number of benzene rings is 1. The lowest BCUT2D eigenvalue weighted by Gasteiger charge is -2.04. The number of hydrogen-bond donors (Lipinski definition) is 3. The Hall–Kier alpha value is -1.21. The first-order valence-electron chi connectivity index (χ1n) is 4.33. The van der Waals surface area contributed by atoms with Crippen LogP contribution in [-0.4, -0.2) is 16.8 Å². The van der Waals surface area contributed by atoms with Crippen molar-refractivity contribution < 1.29 is 4.79 Å². The third-order valence-corrected chi connectivity index (χ3v) is 2.94. The molecule has 5 N–H and O–H groups in total. The molecule has 1 rings (SSSR count). The molecule has 0 radical (unpaired) electrons. The highest BCUT2D eigenvalue weighted by Gasteiger charge is 2.03. The highest BCUT2D eigenvalue weighted by Crippen LogP contribution is 2.14. The zero-order valence-corrected chi connectivity index (χ0v) is 10.7. The van der Waals surface area contributed by atoms with E-state index in [-0.39, 0.29) is 16.8 Å². The number of rotatable bonds is 3. The van der Waals surface area contributed by atoms with Crippen molar-refractivity contribution in [2.24, 2.45) is 16.7 Å². The van der Waals surface area contributed by atoms with Crippen molar-refractivity contribution in [1.82, 2.24) is 0 Å².